The van der Waals surface area contributed by atoms with Crippen LogP contribution >= 0.6 is 11.6 Å². The summed E-state index contributed by atoms with van der Waals surface area (Å²) in [5, 5.41) is 15.6. The second-order valence-corrected chi connectivity index (χ2v) is 2.92. The molecule has 0 amide bonds. The van der Waals surface area contributed by atoms with Crippen LogP contribution in [0.5, 0.6) is 0 Å². The van der Waals surface area contributed by atoms with E-state index >= 15 is 0 Å². The number of hydrogen-bond donors (Lipinski definition) is 1. The molecule has 0 saturated carbocycles. The number of halogens is 1. The van der Waals surface area contributed by atoms with Crippen molar-refractivity contribution in [1.29, 1.82) is 0 Å². The number of aryl methyl sites for hydroxylation is 2. The van der Waals surface area contributed by atoms with Crippen LogP contribution in [-0.2, 0) is 7.05 Å². The van der Waals surface area contributed by atoms with Gasteiger partial charge in [-0.25, -0.2) is 0 Å². The molecule has 66 valence electrons. The molecule has 0 radical (unpaired) electrons. The number of oxime groups is 1. The standard InChI is InChI=1S/C7H10ClN3O/c1-4-6(7(8)10-12)5(2)11(3)9-4/h12H,1-3H3. The molecular formula is C7H10ClN3O. The lowest BCUT2D eigenvalue weighted by molar-refractivity contribution is 0.320. The van der Waals surface area contributed by atoms with Gasteiger partial charge in [0.25, 0.3) is 0 Å². The van der Waals surface area contributed by atoms with Gasteiger partial charge in [-0.1, -0.05) is 16.8 Å². The quantitative estimate of drug-likeness (QED) is 0.411. The summed E-state index contributed by atoms with van der Waals surface area (Å²) in [5.74, 6) is 0. The van der Waals surface area contributed by atoms with Gasteiger partial charge in [-0.3, -0.25) is 4.68 Å². The van der Waals surface area contributed by atoms with Gasteiger partial charge in [-0.15, -0.1) is 0 Å². The lowest BCUT2D eigenvalue weighted by atomic mass is 10.2. The molecule has 4 nitrogen and oxygen atoms in total. The molecule has 0 unspecified atom stereocenters. The molecule has 0 aromatic carbocycles. The van der Waals surface area contributed by atoms with E-state index in [9.17, 15) is 0 Å². The van der Waals surface area contributed by atoms with E-state index in [1.54, 1.807) is 4.68 Å². The second kappa shape index (κ2) is 3.15. The summed E-state index contributed by atoms with van der Waals surface area (Å²) in [5.41, 5.74) is 2.34. The minimum atomic E-state index is 0.0816. The SMILES string of the molecule is Cc1nn(C)c(C)c1C(Cl)=NO. The molecule has 0 aliphatic heterocycles. The van der Waals surface area contributed by atoms with Gasteiger partial charge < -0.3 is 5.21 Å². The summed E-state index contributed by atoms with van der Waals surface area (Å²) in [4.78, 5) is 0. The van der Waals surface area contributed by atoms with Gasteiger partial charge in [0.1, 0.15) is 0 Å². The van der Waals surface area contributed by atoms with Crippen molar-refractivity contribution in [3.63, 3.8) is 0 Å². The van der Waals surface area contributed by atoms with Crippen LogP contribution in [0.4, 0.5) is 0 Å². The van der Waals surface area contributed by atoms with Crippen molar-refractivity contribution >= 4 is 16.8 Å². The zero-order chi connectivity index (χ0) is 9.30. The largest absolute Gasteiger partial charge is 0.410 e. The first-order chi connectivity index (χ1) is 5.57. The molecule has 5 heteroatoms. The highest BCUT2D eigenvalue weighted by atomic mass is 35.5. The summed E-state index contributed by atoms with van der Waals surface area (Å²) in [7, 11) is 1.81. The predicted octanol–water partition coefficient (Wildman–Crippen LogP) is 1.41. The van der Waals surface area contributed by atoms with Crippen LogP contribution in [0.2, 0.25) is 0 Å². The predicted molar refractivity (Wildman–Crippen MR) is 46.9 cm³/mol. The fraction of sp³-hybridized carbons (Fsp3) is 0.429. The van der Waals surface area contributed by atoms with Crippen molar-refractivity contribution in [2.45, 2.75) is 13.8 Å². The molecule has 0 aliphatic rings. The van der Waals surface area contributed by atoms with Crippen molar-refractivity contribution in [3.8, 4) is 0 Å². The third kappa shape index (κ3) is 1.30. The summed E-state index contributed by atoms with van der Waals surface area (Å²) >= 11 is 5.66. The molecule has 0 fully saturated rings. The Kier molecular flexibility index (Phi) is 2.38. The molecule has 1 aromatic rings. The van der Waals surface area contributed by atoms with E-state index in [0.717, 1.165) is 11.4 Å². The maximum atomic E-state index is 8.47. The van der Waals surface area contributed by atoms with E-state index < -0.39 is 0 Å². The van der Waals surface area contributed by atoms with Crippen molar-refractivity contribution < 1.29 is 5.21 Å². The molecule has 1 rings (SSSR count). The van der Waals surface area contributed by atoms with Gasteiger partial charge in [0.15, 0.2) is 5.17 Å². The average Bonchev–Trinajstić information content (AvgIpc) is 2.26. The minimum absolute atomic E-state index is 0.0816. The average molecular weight is 188 g/mol. The molecule has 0 saturated heterocycles. The number of nitrogens with zero attached hydrogens (tertiary/aromatic N) is 3. The molecule has 0 aliphatic carbocycles. The van der Waals surface area contributed by atoms with E-state index in [0.29, 0.717) is 5.56 Å². The first-order valence-electron chi connectivity index (χ1n) is 3.46. The number of aromatic nitrogens is 2. The number of hydrogen-bond acceptors (Lipinski definition) is 3. The normalized spacial score (nSPS) is 12.2. The van der Waals surface area contributed by atoms with Gasteiger partial charge in [0, 0.05) is 12.7 Å². The van der Waals surface area contributed by atoms with E-state index in [1.807, 2.05) is 20.9 Å². The zero-order valence-corrected chi connectivity index (χ0v) is 7.92. The summed E-state index contributed by atoms with van der Waals surface area (Å²) in [6, 6.07) is 0. The van der Waals surface area contributed by atoms with Gasteiger partial charge in [-0.05, 0) is 13.8 Å². The smallest absolute Gasteiger partial charge is 0.179 e. The van der Waals surface area contributed by atoms with Crippen molar-refractivity contribution in [2.24, 2.45) is 12.2 Å². The molecule has 0 spiro atoms. The number of rotatable bonds is 1. The minimum Gasteiger partial charge on any atom is -0.410 e. The van der Waals surface area contributed by atoms with E-state index in [-0.39, 0.29) is 5.17 Å². The Balaban J connectivity index is 3.32. The Bertz CT molecular complexity index is 330. The van der Waals surface area contributed by atoms with Gasteiger partial charge >= 0.3 is 0 Å². The maximum Gasteiger partial charge on any atom is 0.179 e. The van der Waals surface area contributed by atoms with Crippen LogP contribution in [0.3, 0.4) is 0 Å². The first kappa shape index (κ1) is 9.06. The first-order valence-corrected chi connectivity index (χ1v) is 3.83. The van der Waals surface area contributed by atoms with Gasteiger partial charge in [0.05, 0.1) is 11.3 Å². The Labute approximate surface area is 75.4 Å². The van der Waals surface area contributed by atoms with Gasteiger partial charge in [0.2, 0.25) is 0 Å². The fourth-order valence-corrected chi connectivity index (χ4v) is 1.40. The van der Waals surface area contributed by atoms with Gasteiger partial charge in [-0.2, -0.15) is 5.10 Å². The fourth-order valence-electron chi connectivity index (χ4n) is 1.12. The summed E-state index contributed by atoms with van der Waals surface area (Å²) in [6.45, 7) is 3.68. The van der Waals surface area contributed by atoms with Crippen LogP contribution in [-0.4, -0.2) is 20.2 Å². The van der Waals surface area contributed by atoms with E-state index in [4.69, 9.17) is 16.8 Å². The molecule has 1 heterocycles. The second-order valence-electron chi connectivity index (χ2n) is 2.56. The third-order valence-corrected chi connectivity index (χ3v) is 2.07. The summed E-state index contributed by atoms with van der Waals surface area (Å²) < 4.78 is 1.69. The molecule has 1 N–H and O–H groups in total. The highest BCUT2D eigenvalue weighted by molar-refractivity contribution is 6.69. The van der Waals surface area contributed by atoms with Crippen LogP contribution in [0.25, 0.3) is 0 Å². The van der Waals surface area contributed by atoms with Crippen molar-refractivity contribution in [1.82, 2.24) is 9.78 Å². The molecule has 12 heavy (non-hydrogen) atoms. The van der Waals surface area contributed by atoms with Crippen molar-refractivity contribution in [2.75, 3.05) is 0 Å². The lowest BCUT2D eigenvalue weighted by Gasteiger charge is -1.95. The highest BCUT2D eigenvalue weighted by Crippen LogP contribution is 2.14. The zero-order valence-electron chi connectivity index (χ0n) is 7.17. The Morgan fingerprint density at radius 3 is 2.50 bits per heavy atom. The van der Waals surface area contributed by atoms with E-state index in [1.165, 1.54) is 0 Å². The van der Waals surface area contributed by atoms with Crippen LogP contribution in [0.1, 0.15) is 17.0 Å². The van der Waals surface area contributed by atoms with Crippen LogP contribution < -0.4 is 0 Å². The summed E-state index contributed by atoms with van der Waals surface area (Å²) in [6.07, 6.45) is 0. The Morgan fingerprint density at radius 2 is 2.17 bits per heavy atom. The molecule has 0 atom stereocenters. The maximum absolute atomic E-state index is 8.47. The molecular weight excluding hydrogens is 178 g/mol. The monoisotopic (exact) mass is 187 g/mol. The Morgan fingerprint density at radius 1 is 1.58 bits per heavy atom. The molecule has 1 aromatic heterocycles. The third-order valence-electron chi connectivity index (χ3n) is 1.80. The van der Waals surface area contributed by atoms with Crippen LogP contribution in [0, 0.1) is 13.8 Å². The lowest BCUT2D eigenvalue weighted by Crippen LogP contribution is -1.97. The topological polar surface area (TPSA) is 50.4 Å². The van der Waals surface area contributed by atoms with Crippen LogP contribution in [0.15, 0.2) is 5.16 Å². The van der Waals surface area contributed by atoms with E-state index in [2.05, 4.69) is 10.3 Å². The Hall–Kier alpha value is -1.03. The van der Waals surface area contributed by atoms with Crippen molar-refractivity contribution in [3.05, 3.63) is 17.0 Å². The molecule has 0 bridgehead atoms. The highest BCUT2D eigenvalue weighted by Gasteiger charge is 2.13.